The summed E-state index contributed by atoms with van der Waals surface area (Å²) in [7, 11) is 1.36. The van der Waals surface area contributed by atoms with Crippen molar-refractivity contribution in [2.75, 3.05) is 12.0 Å². The van der Waals surface area contributed by atoms with Crippen molar-refractivity contribution in [2.45, 2.75) is 20.4 Å². The van der Waals surface area contributed by atoms with E-state index in [0.29, 0.717) is 17.7 Å². The van der Waals surface area contributed by atoms with Crippen LogP contribution in [0.2, 0.25) is 0 Å². The SMILES string of the molecule is COC(=O)c1cccc(CN2C(=O)C(=C(c3cccnc3)C(C)C)c3ccccc32)c1. The van der Waals surface area contributed by atoms with Gasteiger partial charge in [0.25, 0.3) is 5.91 Å². The Kier molecular flexibility index (Phi) is 5.67. The molecule has 0 saturated heterocycles. The average molecular weight is 412 g/mol. The van der Waals surface area contributed by atoms with E-state index in [2.05, 4.69) is 18.8 Å². The number of ether oxygens (including phenoxy) is 1. The van der Waals surface area contributed by atoms with Gasteiger partial charge in [0.2, 0.25) is 0 Å². The van der Waals surface area contributed by atoms with Crippen LogP contribution in [0.3, 0.4) is 0 Å². The molecule has 0 fully saturated rings. The zero-order valence-electron chi connectivity index (χ0n) is 17.8. The maximum atomic E-state index is 13.7. The van der Waals surface area contributed by atoms with E-state index in [1.165, 1.54) is 7.11 Å². The lowest BCUT2D eigenvalue weighted by molar-refractivity contribution is -0.113. The van der Waals surface area contributed by atoms with Crippen molar-refractivity contribution in [3.63, 3.8) is 0 Å². The summed E-state index contributed by atoms with van der Waals surface area (Å²) in [5.74, 6) is -0.301. The number of esters is 1. The fourth-order valence-electron chi connectivity index (χ4n) is 4.08. The molecule has 1 aromatic heterocycles. The topological polar surface area (TPSA) is 59.5 Å². The number of anilines is 1. The quantitative estimate of drug-likeness (QED) is 0.438. The molecule has 0 atom stereocenters. The second-order valence-corrected chi connectivity index (χ2v) is 7.79. The number of amides is 1. The molecule has 0 saturated carbocycles. The molecule has 0 spiro atoms. The third kappa shape index (κ3) is 3.87. The molecule has 2 heterocycles. The molecule has 5 nitrogen and oxygen atoms in total. The van der Waals surface area contributed by atoms with Crippen molar-refractivity contribution in [1.29, 1.82) is 0 Å². The minimum atomic E-state index is -0.394. The van der Waals surface area contributed by atoms with Crippen LogP contribution < -0.4 is 4.90 Å². The van der Waals surface area contributed by atoms with Crippen molar-refractivity contribution in [3.8, 4) is 0 Å². The first-order chi connectivity index (χ1) is 15.0. The number of para-hydroxylation sites is 1. The van der Waals surface area contributed by atoms with Gasteiger partial charge in [0.15, 0.2) is 0 Å². The molecule has 4 rings (SSSR count). The number of hydrogen-bond acceptors (Lipinski definition) is 4. The Morgan fingerprint density at radius 1 is 1.03 bits per heavy atom. The van der Waals surface area contributed by atoms with E-state index in [1.807, 2.05) is 42.5 Å². The zero-order chi connectivity index (χ0) is 22.0. The van der Waals surface area contributed by atoms with Crippen LogP contribution in [0.25, 0.3) is 11.1 Å². The second kappa shape index (κ2) is 8.56. The Hall–Kier alpha value is -3.73. The number of fused-ring (bicyclic) bond motifs is 1. The van der Waals surface area contributed by atoms with Crippen molar-refractivity contribution >= 4 is 28.7 Å². The summed E-state index contributed by atoms with van der Waals surface area (Å²) in [6.07, 6.45) is 3.54. The first kappa shape index (κ1) is 20.5. The summed E-state index contributed by atoms with van der Waals surface area (Å²) in [4.78, 5) is 31.7. The standard InChI is InChI=1S/C26H24N2O3/c1-17(2)23(20-10-7-13-27-15-20)24-21-11-4-5-12-22(21)28(25(24)29)16-18-8-6-9-19(14-18)26(30)31-3/h4-15,17H,16H2,1-3H3. The number of nitrogens with zero attached hydrogens (tertiary/aromatic N) is 2. The average Bonchev–Trinajstić information content (AvgIpc) is 3.06. The summed E-state index contributed by atoms with van der Waals surface area (Å²) >= 11 is 0. The lowest BCUT2D eigenvalue weighted by Gasteiger charge is -2.19. The van der Waals surface area contributed by atoms with E-state index in [0.717, 1.165) is 28.0 Å². The molecule has 1 aliphatic heterocycles. The monoisotopic (exact) mass is 412 g/mol. The molecule has 0 aliphatic carbocycles. The molecule has 0 unspecified atom stereocenters. The van der Waals surface area contributed by atoms with Gasteiger partial charge >= 0.3 is 5.97 Å². The number of carbonyl (C=O) groups is 2. The highest BCUT2D eigenvalue weighted by molar-refractivity contribution is 6.37. The van der Waals surface area contributed by atoms with Gasteiger partial charge in [-0.15, -0.1) is 0 Å². The van der Waals surface area contributed by atoms with Crippen LogP contribution in [0, 0.1) is 5.92 Å². The largest absolute Gasteiger partial charge is 0.465 e. The number of benzene rings is 2. The van der Waals surface area contributed by atoms with E-state index in [1.54, 1.807) is 35.5 Å². The van der Waals surface area contributed by atoms with Crippen LogP contribution in [-0.4, -0.2) is 24.0 Å². The predicted octanol–water partition coefficient (Wildman–Crippen LogP) is 4.98. The van der Waals surface area contributed by atoms with Crippen molar-refractivity contribution in [3.05, 3.63) is 95.3 Å². The molecule has 0 bridgehead atoms. The number of carbonyl (C=O) groups excluding carboxylic acids is 2. The van der Waals surface area contributed by atoms with Gasteiger partial charge in [0.05, 0.1) is 30.5 Å². The van der Waals surface area contributed by atoms with Crippen LogP contribution in [0.4, 0.5) is 5.69 Å². The number of allylic oxidation sites excluding steroid dienone is 1. The minimum absolute atomic E-state index is 0.0442. The van der Waals surface area contributed by atoms with Gasteiger partial charge < -0.3 is 9.64 Å². The highest BCUT2D eigenvalue weighted by Gasteiger charge is 2.35. The summed E-state index contributed by atoms with van der Waals surface area (Å²) in [5, 5.41) is 0. The molecule has 31 heavy (non-hydrogen) atoms. The Labute approximate surface area is 182 Å². The van der Waals surface area contributed by atoms with E-state index >= 15 is 0 Å². The van der Waals surface area contributed by atoms with Crippen LogP contribution >= 0.6 is 0 Å². The van der Waals surface area contributed by atoms with E-state index in [9.17, 15) is 9.59 Å². The molecule has 0 N–H and O–H groups in total. The van der Waals surface area contributed by atoms with Crippen LogP contribution in [-0.2, 0) is 16.1 Å². The molecule has 1 aliphatic rings. The highest BCUT2D eigenvalue weighted by Crippen LogP contribution is 2.43. The summed E-state index contributed by atoms with van der Waals surface area (Å²) < 4.78 is 4.83. The number of hydrogen-bond donors (Lipinski definition) is 0. The van der Waals surface area contributed by atoms with Crippen LogP contribution in [0.5, 0.6) is 0 Å². The molecular formula is C26H24N2O3. The van der Waals surface area contributed by atoms with Crippen molar-refractivity contribution in [1.82, 2.24) is 4.98 Å². The molecule has 1 amide bonds. The molecule has 3 aromatic rings. The maximum absolute atomic E-state index is 13.7. The molecule has 0 radical (unpaired) electrons. The molecule has 2 aromatic carbocycles. The second-order valence-electron chi connectivity index (χ2n) is 7.79. The number of aromatic nitrogens is 1. The van der Waals surface area contributed by atoms with Gasteiger partial charge in [0.1, 0.15) is 0 Å². The van der Waals surface area contributed by atoms with Gasteiger partial charge in [0, 0.05) is 18.0 Å². The lowest BCUT2D eigenvalue weighted by Crippen LogP contribution is -2.26. The maximum Gasteiger partial charge on any atom is 0.337 e. The van der Waals surface area contributed by atoms with E-state index in [-0.39, 0.29) is 11.8 Å². The Balaban J connectivity index is 1.81. The smallest absolute Gasteiger partial charge is 0.337 e. The Bertz CT molecular complexity index is 1170. The van der Waals surface area contributed by atoms with Gasteiger partial charge in [-0.2, -0.15) is 0 Å². The van der Waals surface area contributed by atoms with Crippen molar-refractivity contribution < 1.29 is 14.3 Å². The van der Waals surface area contributed by atoms with Crippen LogP contribution in [0.1, 0.15) is 40.9 Å². The van der Waals surface area contributed by atoms with Gasteiger partial charge in [-0.3, -0.25) is 9.78 Å². The summed E-state index contributed by atoms with van der Waals surface area (Å²) in [6.45, 7) is 4.55. The summed E-state index contributed by atoms with van der Waals surface area (Å²) in [6, 6.07) is 18.9. The van der Waals surface area contributed by atoms with Gasteiger partial charge in [-0.25, -0.2) is 4.79 Å². The molecular weight excluding hydrogens is 388 g/mol. The minimum Gasteiger partial charge on any atom is -0.465 e. The Morgan fingerprint density at radius 3 is 2.52 bits per heavy atom. The third-order valence-electron chi connectivity index (χ3n) is 5.43. The molecule has 5 heteroatoms. The first-order valence-electron chi connectivity index (χ1n) is 10.2. The van der Waals surface area contributed by atoms with E-state index < -0.39 is 5.97 Å². The predicted molar refractivity (Wildman–Crippen MR) is 121 cm³/mol. The zero-order valence-corrected chi connectivity index (χ0v) is 17.8. The fourth-order valence-corrected chi connectivity index (χ4v) is 4.08. The highest BCUT2D eigenvalue weighted by atomic mass is 16.5. The van der Waals surface area contributed by atoms with Crippen molar-refractivity contribution in [2.24, 2.45) is 5.92 Å². The third-order valence-corrected chi connectivity index (χ3v) is 5.43. The lowest BCUT2D eigenvalue weighted by atomic mass is 9.89. The molecule has 156 valence electrons. The first-order valence-corrected chi connectivity index (χ1v) is 10.2. The van der Waals surface area contributed by atoms with Crippen LogP contribution in [0.15, 0.2) is 73.1 Å². The summed E-state index contributed by atoms with van der Waals surface area (Å²) in [5.41, 5.74) is 5.76. The number of methoxy groups -OCH3 is 1. The Morgan fingerprint density at radius 2 is 1.81 bits per heavy atom. The normalized spacial score (nSPS) is 14.6. The number of rotatable bonds is 5. The number of pyridine rings is 1. The van der Waals surface area contributed by atoms with E-state index in [4.69, 9.17) is 4.74 Å². The van der Waals surface area contributed by atoms with Gasteiger partial charge in [-0.1, -0.05) is 50.2 Å². The fraction of sp³-hybridized carbons (Fsp3) is 0.192. The van der Waals surface area contributed by atoms with Gasteiger partial charge in [-0.05, 0) is 46.9 Å².